The van der Waals surface area contributed by atoms with Crippen molar-refractivity contribution in [2.45, 2.75) is 37.6 Å². The average Bonchev–Trinajstić information content (AvgIpc) is 3.02. The molecular formula is C20H21ClN4S. The second-order valence-electron chi connectivity index (χ2n) is 6.03. The summed E-state index contributed by atoms with van der Waals surface area (Å²) in [5.41, 5.74) is 3.47. The van der Waals surface area contributed by atoms with E-state index in [4.69, 9.17) is 11.6 Å². The van der Waals surface area contributed by atoms with Crippen LogP contribution in [0.25, 0.3) is 0 Å². The fraction of sp³-hybridized carbons (Fsp3) is 0.250. The molecule has 0 N–H and O–H groups in total. The van der Waals surface area contributed by atoms with Gasteiger partial charge in [0, 0.05) is 17.2 Å². The predicted molar refractivity (Wildman–Crippen MR) is 109 cm³/mol. The first-order valence-electron chi connectivity index (χ1n) is 8.58. The number of hydrogen-bond acceptors (Lipinski definition) is 4. The minimum atomic E-state index is 0.745. The van der Waals surface area contributed by atoms with Crippen LogP contribution < -0.4 is 0 Å². The summed E-state index contributed by atoms with van der Waals surface area (Å²) < 4.78 is 1.85. The minimum Gasteiger partial charge on any atom is -0.191 e. The summed E-state index contributed by atoms with van der Waals surface area (Å²) in [7, 11) is 0. The Bertz CT molecular complexity index is 887. The van der Waals surface area contributed by atoms with E-state index in [-0.39, 0.29) is 0 Å². The molecule has 2 aromatic carbocycles. The Kier molecular flexibility index (Phi) is 6.47. The molecule has 0 unspecified atom stereocenters. The normalized spacial score (nSPS) is 11.3. The molecule has 0 saturated carbocycles. The summed E-state index contributed by atoms with van der Waals surface area (Å²) in [6, 6.07) is 16.1. The Morgan fingerprint density at radius 3 is 2.69 bits per heavy atom. The number of hydrogen-bond donors (Lipinski definition) is 0. The Morgan fingerprint density at radius 2 is 1.96 bits per heavy atom. The smallest absolute Gasteiger partial charge is 0.191 e. The van der Waals surface area contributed by atoms with E-state index in [0.717, 1.165) is 40.2 Å². The SMILES string of the molecule is CCCc1nnc(SCc2ccc(Cl)cc2)n1/N=C/c1cccc(C)c1. The van der Waals surface area contributed by atoms with Crippen LogP contribution in [0.5, 0.6) is 0 Å². The van der Waals surface area contributed by atoms with Gasteiger partial charge in [0.1, 0.15) is 0 Å². The zero-order chi connectivity index (χ0) is 18.4. The van der Waals surface area contributed by atoms with E-state index in [1.54, 1.807) is 11.8 Å². The molecule has 3 rings (SSSR count). The number of aryl methyl sites for hydroxylation is 2. The summed E-state index contributed by atoms with van der Waals surface area (Å²) in [6.45, 7) is 4.20. The number of rotatable bonds is 7. The summed E-state index contributed by atoms with van der Waals surface area (Å²) in [6.07, 6.45) is 3.71. The second-order valence-corrected chi connectivity index (χ2v) is 7.41. The lowest BCUT2D eigenvalue weighted by Crippen LogP contribution is -2.00. The van der Waals surface area contributed by atoms with Crippen LogP contribution >= 0.6 is 23.4 Å². The Labute approximate surface area is 163 Å². The van der Waals surface area contributed by atoms with Crippen LogP contribution in [0, 0.1) is 6.92 Å². The van der Waals surface area contributed by atoms with Crippen molar-refractivity contribution in [3.8, 4) is 0 Å². The molecule has 0 fully saturated rings. The van der Waals surface area contributed by atoms with Crippen molar-refractivity contribution in [2.24, 2.45) is 5.10 Å². The Hall–Kier alpha value is -2.11. The number of nitrogens with zero attached hydrogens (tertiary/aromatic N) is 4. The van der Waals surface area contributed by atoms with E-state index in [2.05, 4.69) is 41.3 Å². The maximum atomic E-state index is 5.95. The van der Waals surface area contributed by atoms with E-state index in [0.29, 0.717) is 0 Å². The fourth-order valence-corrected chi connectivity index (χ4v) is 3.47. The molecule has 4 nitrogen and oxygen atoms in total. The van der Waals surface area contributed by atoms with Crippen LogP contribution in [0.4, 0.5) is 0 Å². The third-order valence-electron chi connectivity index (χ3n) is 3.80. The van der Waals surface area contributed by atoms with Gasteiger partial charge in [-0.3, -0.25) is 0 Å². The highest BCUT2D eigenvalue weighted by Crippen LogP contribution is 2.23. The van der Waals surface area contributed by atoms with Crippen molar-refractivity contribution in [3.63, 3.8) is 0 Å². The van der Waals surface area contributed by atoms with Crippen LogP contribution in [-0.2, 0) is 12.2 Å². The number of thioether (sulfide) groups is 1. The zero-order valence-electron chi connectivity index (χ0n) is 14.9. The van der Waals surface area contributed by atoms with E-state index in [9.17, 15) is 0 Å². The van der Waals surface area contributed by atoms with Gasteiger partial charge in [-0.2, -0.15) is 9.78 Å². The van der Waals surface area contributed by atoms with Gasteiger partial charge in [0.2, 0.25) is 5.16 Å². The molecule has 3 aromatic rings. The molecule has 0 bridgehead atoms. The minimum absolute atomic E-state index is 0.745. The quantitative estimate of drug-likeness (QED) is 0.406. The van der Waals surface area contributed by atoms with Crippen molar-refractivity contribution in [3.05, 3.63) is 76.1 Å². The molecule has 0 amide bonds. The predicted octanol–water partition coefficient (Wildman–Crippen LogP) is 5.37. The summed E-state index contributed by atoms with van der Waals surface area (Å²) >= 11 is 7.57. The van der Waals surface area contributed by atoms with Gasteiger partial charge in [0.25, 0.3) is 0 Å². The molecule has 1 aromatic heterocycles. The van der Waals surface area contributed by atoms with E-state index >= 15 is 0 Å². The highest BCUT2D eigenvalue weighted by molar-refractivity contribution is 7.98. The second kappa shape index (κ2) is 9.01. The van der Waals surface area contributed by atoms with Crippen molar-refractivity contribution in [1.82, 2.24) is 14.9 Å². The Morgan fingerprint density at radius 1 is 1.15 bits per heavy atom. The number of benzene rings is 2. The molecule has 0 aliphatic heterocycles. The molecule has 6 heteroatoms. The molecule has 0 aliphatic rings. The molecule has 0 atom stereocenters. The molecule has 1 heterocycles. The van der Waals surface area contributed by atoms with Crippen LogP contribution in [0.3, 0.4) is 0 Å². The van der Waals surface area contributed by atoms with Crippen molar-refractivity contribution < 1.29 is 0 Å². The first-order chi connectivity index (χ1) is 12.7. The van der Waals surface area contributed by atoms with Gasteiger partial charge < -0.3 is 0 Å². The maximum absolute atomic E-state index is 5.95. The molecule has 26 heavy (non-hydrogen) atoms. The van der Waals surface area contributed by atoms with Gasteiger partial charge in [0.05, 0.1) is 6.21 Å². The topological polar surface area (TPSA) is 43.1 Å². The molecule has 0 spiro atoms. The Balaban J connectivity index is 1.80. The van der Waals surface area contributed by atoms with Crippen LogP contribution in [0.15, 0.2) is 58.8 Å². The summed E-state index contributed by atoms with van der Waals surface area (Å²) in [4.78, 5) is 0. The average molecular weight is 385 g/mol. The van der Waals surface area contributed by atoms with E-state index in [1.807, 2.05) is 47.3 Å². The zero-order valence-corrected chi connectivity index (χ0v) is 16.5. The highest BCUT2D eigenvalue weighted by atomic mass is 35.5. The van der Waals surface area contributed by atoms with Crippen molar-refractivity contribution >= 4 is 29.6 Å². The third kappa shape index (κ3) is 4.96. The fourth-order valence-electron chi connectivity index (χ4n) is 2.48. The molecule has 0 radical (unpaired) electrons. The third-order valence-corrected chi connectivity index (χ3v) is 5.04. The summed E-state index contributed by atoms with van der Waals surface area (Å²) in [5, 5.41) is 14.8. The molecule has 0 saturated heterocycles. The monoisotopic (exact) mass is 384 g/mol. The number of halogens is 1. The molecule has 0 aliphatic carbocycles. The summed E-state index contributed by atoms with van der Waals surface area (Å²) in [5.74, 6) is 1.68. The van der Waals surface area contributed by atoms with Gasteiger partial charge in [-0.1, -0.05) is 72.2 Å². The van der Waals surface area contributed by atoms with Crippen LogP contribution in [0.1, 0.15) is 35.9 Å². The number of aromatic nitrogens is 3. The first-order valence-corrected chi connectivity index (χ1v) is 9.94. The molecule has 134 valence electrons. The lowest BCUT2D eigenvalue weighted by molar-refractivity contribution is 0.700. The van der Waals surface area contributed by atoms with Crippen LogP contribution in [0.2, 0.25) is 5.02 Å². The standard InChI is InChI=1S/C20H21ClN4S/c1-3-5-19-23-24-20(26-14-16-8-10-18(21)11-9-16)25(19)22-13-17-7-4-6-15(2)12-17/h4,6-13H,3,5,14H2,1-2H3/b22-13+. The molecular weight excluding hydrogens is 364 g/mol. The van der Waals surface area contributed by atoms with Gasteiger partial charge in [-0.25, -0.2) is 0 Å². The van der Waals surface area contributed by atoms with Gasteiger partial charge in [0.15, 0.2) is 5.82 Å². The van der Waals surface area contributed by atoms with Crippen molar-refractivity contribution in [1.29, 1.82) is 0 Å². The largest absolute Gasteiger partial charge is 0.212 e. The lowest BCUT2D eigenvalue weighted by atomic mass is 10.2. The van der Waals surface area contributed by atoms with Gasteiger partial charge in [-0.05, 0) is 36.6 Å². The van der Waals surface area contributed by atoms with Gasteiger partial charge >= 0.3 is 0 Å². The van der Waals surface area contributed by atoms with Gasteiger partial charge in [-0.15, -0.1) is 10.2 Å². The maximum Gasteiger partial charge on any atom is 0.212 e. The first kappa shape index (κ1) is 18.7. The van der Waals surface area contributed by atoms with E-state index in [1.165, 1.54) is 11.1 Å². The van der Waals surface area contributed by atoms with Crippen molar-refractivity contribution in [2.75, 3.05) is 0 Å². The highest BCUT2D eigenvalue weighted by Gasteiger charge is 2.11. The lowest BCUT2D eigenvalue weighted by Gasteiger charge is -2.04. The van der Waals surface area contributed by atoms with E-state index < -0.39 is 0 Å². The van der Waals surface area contributed by atoms with Crippen LogP contribution in [-0.4, -0.2) is 21.1 Å².